The van der Waals surface area contributed by atoms with Crippen LogP contribution in [0.25, 0.3) is 10.8 Å². The molecule has 0 spiro atoms. The molecular formula is C19H12N2O2. The molecule has 1 aliphatic heterocycles. The van der Waals surface area contributed by atoms with E-state index in [9.17, 15) is 15.2 Å². The van der Waals surface area contributed by atoms with Gasteiger partial charge >= 0.3 is 0 Å². The summed E-state index contributed by atoms with van der Waals surface area (Å²) >= 11 is 0. The maximum Gasteiger partial charge on any atom is 0.260 e. The van der Waals surface area contributed by atoms with Gasteiger partial charge in [-0.3, -0.25) is 9.69 Å². The Morgan fingerprint density at radius 3 is 2.65 bits per heavy atom. The summed E-state index contributed by atoms with van der Waals surface area (Å²) in [6.45, 7) is 0. The number of carbonyl (C=O) groups is 1. The number of benzene rings is 3. The predicted octanol–water partition coefficient (Wildman–Crippen LogP) is 3.77. The van der Waals surface area contributed by atoms with Crippen LogP contribution in [0.5, 0.6) is 5.75 Å². The Morgan fingerprint density at radius 1 is 1.04 bits per heavy atom. The van der Waals surface area contributed by atoms with Crippen molar-refractivity contribution in [2.24, 2.45) is 0 Å². The molecule has 4 rings (SSSR count). The normalized spacial score (nSPS) is 16.4. The third-order valence-corrected chi connectivity index (χ3v) is 4.18. The second kappa shape index (κ2) is 4.85. The lowest BCUT2D eigenvalue weighted by molar-refractivity contribution is 0.0996. The first-order chi connectivity index (χ1) is 11.2. The number of phenolic OH excluding ortho intramolecular Hbond substituents is 1. The lowest BCUT2D eigenvalue weighted by atomic mass is 9.98. The number of hydrogen-bond acceptors (Lipinski definition) is 3. The van der Waals surface area contributed by atoms with Crippen molar-refractivity contribution < 1.29 is 9.90 Å². The number of nitriles is 1. The summed E-state index contributed by atoms with van der Waals surface area (Å²) in [6, 6.07) is 19.3. The van der Waals surface area contributed by atoms with E-state index in [2.05, 4.69) is 6.07 Å². The van der Waals surface area contributed by atoms with Crippen LogP contribution in [-0.2, 0) is 0 Å². The molecule has 0 saturated carbocycles. The summed E-state index contributed by atoms with van der Waals surface area (Å²) in [5, 5.41) is 21.1. The van der Waals surface area contributed by atoms with E-state index in [0.29, 0.717) is 16.8 Å². The summed E-state index contributed by atoms with van der Waals surface area (Å²) in [6.07, 6.45) is 0. The summed E-state index contributed by atoms with van der Waals surface area (Å²) in [4.78, 5) is 14.4. The first-order valence-corrected chi connectivity index (χ1v) is 7.24. The molecule has 0 bridgehead atoms. The standard InChI is InChI=1S/C19H12N2O2/c20-11-17-16-9-8-12-4-1-2-7-15(12)18(16)19(23)21(17)13-5-3-6-14(22)10-13/h1-10,17,22H. The van der Waals surface area contributed by atoms with Gasteiger partial charge in [-0.2, -0.15) is 5.26 Å². The topological polar surface area (TPSA) is 64.3 Å². The van der Waals surface area contributed by atoms with Crippen LogP contribution >= 0.6 is 0 Å². The largest absolute Gasteiger partial charge is 0.508 e. The number of rotatable bonds is 1. The van der Waals surface area contributed by atoms with E-state index < -0.39 is 6.04 Å². The second-order valence-electron chi connectivity index (χ2n) is 5.48. The molecule has 4 heteroatoms. The Kier molecular flexibility index (Phi) is 2.82. The van der Waals surface area contributed by atoms with Crippen molar-refractivity contribution in [3.8, 4) is 11.8 Å². The Bertz CT molecular complexity index is 988. The van der Waals surface area contributed by atoms with Gasteiger partial charge in [0.2, 0.25) is 0 Å². The maximum atomic E-state index is 13.0. The summed E-state index contributed by atoms with van der Waals surface area (Å²) in [5.41, 5.74) is 1.79. The molecule has 1 heterocycles. The van der Waals surface area contributed by atoms with E-state index in [1.54, 1.807) is 12.1 Å². The molecule has 23 heavy (non-hydrogen) atoms. The zero-order valence-corrected chi connectivity index (χ0v) is 12.1. The number of hydrogen-bond donors (Lipinski definition) is 1. The number of anilines is 1. The first-order valence-electron chi connectivity index (χ1n) is 7.24. The van der Waals surface area contributed by atoms with E-state index >= 15 is 0 Å². The average molecular weight is 300 g/mol. The van der Waals surface area contributed by atoms with E-state index in [1.807, 2.05) is 36.4 Å². The number of amides is 1. The van der Waals surface area contributed by atoms with Gasteiger partial charge < -0.3 is 5.11 Å². The molecular weight excluding hydrogens is 288 g/mol. The lowest BCUT2D eigenvalue weighted by Crippen LogP contribution is -2.26. The second-order valence-corrected chi connectivity index (χ2v) is 5.48. The van der Waals surface area contributed by atoms with Crippen molar-refractivity contribution in [1.29, 1.82) is 5.26 Å². The lowest BCUT2D eigenvalue weighted by Gasteiger charge is -2.20. The zero-order valence-electron chi connectivity index (χ0n) is 12.1. The van der Waals surface area contributed by atoms with Crippen LogP contribution < -0.4 is 4.90 Å². The first kappa shape index (κ1) is 13.4. The van der Waals surface area contributed by atoms with Crippen LogP contribution in [0, 0.1) is 11.3 Å². The van der Waals surface area contributed by atoms with Gasteiger partial charge in [-0.05, 0) is 22.9 Å². The molecule has 0 fully saturated rings. The van der Waals surface area contributed by atoms with Crippen LogP contribution in [0.2, 0.25) is 0 Å². The third-order valence-electron chi connectivity index (χ3n) is 4.18. The van der Waals surface area contributed by atoms with Crippen LogP contribution in [0.3, 0.4) is 0 Å². The highest BCUT2D eigenvalue weighted by Gasteiger charge is 2.39. The van der Waals surface area contributed by atoms with E-state index in [4.69, 9.17) is 0 Å². The van der Waals surface area contributed by atoms with Crippen LogP contribution in [0.4, 0.5) is 5.69 Å². The van der Waals surface area contributed by atoms with E-state index in [1.165, 1.54) is 17.0 Å². The number of nitrogens with zero attached hydrogens (tertiary/aromatic N) is 2. The molecule has 1 unspecified atom stereocenters. The maximum absolute atomic E-state index is 13.0. The van der Waals surface area contributed by atoms with Crippen molar-refractivity contribution in [2.45, 2.75) is 6.04 Å². The SMILES string of the molecule is N#CC1c2ccc3ccccc3c2C(=O)N1c1cccc(O)c1. The van der Waals surface area contributed by atoms with Gasteiger partial charge in [0.05, 0.1) is 11.6 Å². The highest BCUT2D eigenvalue weighted by atomic mass is 16.3. The van der Waals surface area contributed by atoms with Gasteiger partial charge in [-0.15, -0.1) is 0 Å². The van der Waals surface area contributed by atoms with Crippen molar-refractivity contribution in [3.63, 3.8) is 0 Å². The molecule has 4 nitrogen and oxygen atoms in total. The molecule has 110 valence electrons. The van der Waals surface area contributed by atoms with E-state index in [0.717, 1.165) is 10.8 Å². The van der Waals surface area contributed by atoms with Gasteiger partial charge in [0, 0.05) is 17.3 Å². The molecule has 1 amide bonds. The van der Waals surface area contributed by atoms with Gasteiger partial charge in [0.1, 0.15) is 5.75 Å². The molecule has 1 N–H and O–H groups in total. The number of fused-ring (bicyclic) bond motifs is 3. The highest BCUT2D eigenvalue weighted by molar-refractivity contribution is 6.18. The minimum Gasteiger partial charge on any atom is -0.508 e. The van der Waals surface area contributed by atoms with Crippen molar-refractivity contribution in [3.05, 3.63) is 71.8 Å². The van der Waals surface area contributed by atoms with Crippen molar-refractivity contribution in [1.82, 2.24) is 0 Å². The van der Waals surface area contributed by atoms with Crippen molar-refractivity contribution in [2.75, 3.05) is 4.90 Å². The molecule has 0 radical (unpaired) electrons. The van der Waals surface area contributed by atoms with Gasteiger partial charge in [0.15, 0.2) is 6.04 Å². The minimum atomic E-state index is -0.691. The predicted molar refractivity (Wildman–Crippen MR) is 87.2 cm³/mol. The van der Waals surface area contributed by atoms with Crippen LogP contribution in [0.1, 0.15) is 22.0 Å². The number of carbonyl (C=O) groups excluding carboxylic acids is 1. The molecule has 0 aliphatic carbocycles. The Labute approximate surface area is 132 Å². The van der Waals surface area contributed by atoms with Crippen molar-refractivity contribution >= 4 is 22.4 Å². The van der Waals surface area contributed by atoms with Crippen LogP contribution in [-0.4, -0.2) is 11.0 Å². The average Bonchev–Trinajstić information content (AvgIpc) is 2.87. The highest BCUT2D eigenvalue weighted by Crippen LogP contribution is 2.40. The van der Waals surface area contributed by atoms with Gasteiger partial charge in [0.25, 0.3) is 5.91 Å². The Balaban J connectivity index is 1.97. The summed E-state index contributed by atoms with van der Waals surface area (Å²) < 4.78 is 0. The summed E-state index contributed by atoms with van der Waals surface area (Å²) in [5.74, 6) is -0.151. The Morgan fingerprint density at radius 2 is 1.87 bits per heavy atom. The fourth-order valence-corrected chi connectivity index (χ4v) is 3.17. The molecule has 1 atom stereocenters. The zero-order chi connectivity index (χ0) is 16.0. The monoisotopic (exact) mass is 300 g/mol. The molecule has 0 saturated heterocycles. The minimum absolute atomic E-state index is 0.0628. The summed E-state index contributed by atoms with van der Waals surface area (Å²) in [7, 11) is 0. The third kappa shape index (κ3) is 1.87. The van der Waals surface area contributed by atoms with Gasteiger partial charge in [-0.25, -0.2) is 0 Å². The molecule has 3 aromatic rings. The smallest absolute Gasteiger partial charge is 0.260 e. The van der Waals surface area contributed by atoms with E-state index in [-0.39, 0.29) is 11.7 Å². The quantitative estimate of drug-likeness (QED) is 0.744. The fourth-order valence-electron chi connectivity index (χ4n) is 3.17. The molecule has 1 aliphatic rings. The molecule has 3 aromatic carbocycles. The van der Waals surface area contributed by atoms with Crippen LogP contribution in [0.15, 0.2) is 60.7 Å². The Hall–Kier alpha value is -3.32. The fraction of sp³-hybridized carbons (Fsp3) is 0.0526. The molecule has 0 aromatic heterocycles. The number of aromatic hydroxyl groups is 1. The van der Waals surface area contributed by atoms with Gasteiger partial charge in [-0.1, -0.05) is 42.5 Å². The number of phenols is 1.